The van der Waals surface area contributed by atoms with Crippen molar-refractivity contribution in [3.8, 4) is 11.5 Å². The molecule has 0 spiro atoms. The van der Waals surface area contributed by atoms with Crippen molar-refractivity contribution in [3.63, 3.8) is 0 Å². The highest BCUT2D eigenvalue weighted by Gasteiger charge is 2.27. The maximum atomic E-state index is 10.7. The van der Waals surface area contributed by atoms with Gasteiger partial charge in [0.15, 0.2) is 0 Å². The van der Waals surface area contributed by atoms with E-state index < -0.39 is 0 Å². The van der Waals surface area contributed by atoms with Crippen LogP contribution in [0.1, 0.15) is 21.5 Å². The molecule has 0 unspecified atom stereocenters. The maximum Gasteiger partial charge on any atom is 0.200 e. The first-order chi connectivity index (χ1) is 9.15. The van der Waals surface area contributed by atoms with E-state index in [4.69, 9.17) is 16.1 Å². The summed E-state index contributed by atoms with van der Waals surface area (Å²) < 4.78 is 0. The molecular formula is C14H12N2O3. The number of ketones is 1. The average molecular weight is 256 g/mol. The van der Waals surface area contributed by atoms with Crippen molar-refractivity contribution >= 4 is 12.0 Å². The number of carbonyl (C=O) groups is 1. The van der Waals surface area contributed by atoms with Gasteiger partial charge in [0.2, 0.25) is 5.78 Å². The number of phenols is 2. The Kier molecular flexibility index (Phi) is 3.47. The summed E-state index contributed by atoms with van der Waals surface area (Å²) in [7, 11) is 0. The number of aromatic hydroxyl groups is 2. The van der Waals surface area contributed by atoms with Gasteiger partial charge >= 0.3 is 0 Å². The van der Waals surface area contributed by atoms with Crippen LogP contribution in [-0.2, 0) is 0 Å². The molecule has 0 radical (unpaired) electrons. The quantitative estimate of drug-likeness (QED) is 0.350. The highest BCUT2D eigenvalue weighted by atomic mass is 16.3. The number of hydrazone groups is 1. The lowest BCUT2D eigenvalue weighted by Crippen LogP contribution is -2.12. The van der Waals surface area contributed by atoms with Gasteiger partial charge in [-0.1, -0.05) is 18.2 Å². The molecule has 0 heterocycles. The lowest BCUT2D eigenvalue weighted by Gasteiger charge is -2.15. The van der Waals surface area contributed by atoms with Crippen molar-refractivity contribution in [3.05, 3.63) is 59.2 Å². The molecule has 0 aromatic heterocycles. The van der Waals surface area contributed by atoms with Gasteiger partial charge in [-0.05, 0) is 24.3 Å². The standard InChI is InChI=1S/C7H8N2O.C7H4O2/c8-9-5-6-3-1-2-4-7(6)10;8-6-4-2-1-3-5(6)7(4)9/h1-5,10H,8H2;1-3,8H. The number of para-hydroxylation sites is 2. The van der Waals surface area contributed by atoms with Gasteiger partial charge < -0.3 is 16.1 Å². The van der Waals surface area contributed by atoms with Crippen LogP contribution in [0.2, 0.25) is 0 Å². The van der Waals surface area contributed by atoms with Crippen LogP contribution in [0.4, 0.5) is 0 Å². The van der Waals surface area contributed by atoms with Gasteiger partial charge in [-0.2, -0.15) is 5.10 Å². The molecule has 19 heavy (non-hydrogen) atoms. The first-order valence-electron chi connectivity index (χ1n) is 5.53. The number of nitrogens with zero attached hydrogens (tertiary/aromatic N) is 1. The van der Waals surface area contributed by atoms with Gasteiger partial charge in [-0.3, -0.25) is 4.79 Å². The minimum absolute atomic E-state index is 0.0324. The number of nitrogens with two attached hydrogens (primary N) is 1. The predicted octanol–water partition coefficient (Wildman–Crippen LogP) is 1.62. The number of hydrogen-bond donors (Lipinski definition) is 3. The number of hydrogen-bond acceptors (Lipinski definition) is 5. The zero-order chi connectivity index (χ0) is 13.8. The summed E-state index contributed by atoms with van der Waals surface area (Å²) in [6.45, 7) is 0. The lowest BCUT2D eigenvalue weighted by atomic mass is 9.90. The average Bonchev–Trinajstić information content (AvgIpc) is 2.44. The van der Waals surface area contributed by atoms with E-state index in [0.717, 1.165) is 0 Å². The monoisotopic (exact) mass is 256 g/mol. The van der Waals surface area contributed by atoms with Crippen molar-refractivity contribution in [1.29, 1.82) is 0 Å². The van der Waals surface area contributed by atoms with E-state index in [-0.39, 0.29) is 17.3 Å². The van der Waals surface area contributed by atoms with Gasteiger partial charge in [-0.25, -0.2) is 0 Å². The summed E-state index contributed by atoms with van der Waals surface area (Å²) in [5.41, 5.74) is 1.53. The van der Waals surface area contributed by atoms with Gasteiger partial charge in [-0.15, -0.1) is 0 Å². The fraction of sp³-hybridized carbons (Fsp3) is 0. The molecule has 0 fully saturated rings. The van der Waals surface area contributed by atoms with Crippen molar-refractivity contribution in [2.75, 3.05) is 0 Å². The molecule has 2 aromatic carbocycles. The van der Waals surface area contributed by atoms with Crippen LogP contribution in [0.3, 0.4) is 0 Å². The van der Waals surface area contributed by atoms with Crippen LogP contribution in [0.25, 0.3) is 0 Å². The zero-order valence-electron chi connectivity index (χ0n) is 9.95. The van der Waals surface area contributed by atoms with Crippen LogP contribution in [-0.4, -0.2) is 22.2 Å². The molecule has 0 atom stereocenters. The van der Waals surface area contributed by atoms with Gasteiger partial charge in [0.1, 0.15) is 11.5 Å². The largest absolute Gasteiger partial charge is 0.507 e. The van der Waals surface area contributed by atoms with Gasteiger partial charge in [0.05, 0.1) is 17.3 Å². The smallest absolute Gasteiger partial charge is 0.200 e. The van der Waals surface area contributed by atoms with E-state index in [0.29, 0.717) is 16.7 Å². The Labute approximate surface area is 109 Å². The Hall–Kier alpha value is -2.82. The molecule has 5 nitrogen and oxygen atoms in total. The topological polar surface area (TPSA) is 95.9 Å². The number of fused-ring (bicyclic) bond motifs is 2. The Bertz CT molecular complexity index is 627. The summed E-state index contributed by atoms with van der Waals surface area (Å²) in [5, 5.41) is 21.3. The fourth-order valence-electron chi connectivity index (χ4n) is 1.67. The summed E-state index contributed by atoms with van der Waals surface area (Å²) in [6, 6.07) is 11.8. The zero-order valence-corrected chi connectivity index (χ0v) is 9.95. The predicted molar refractivity (Wildman–Crippen MR) is 71.4 cm³/mol. The molecule has 2 aromatic rings. The molecule has 0 aliphatic heterocycles. The molecule has 0 saturated heterocycles. The summed E-state index contributed by atoms with van der Waals surface area (Å²) in [4.78, 5) is 10.7. The SMILES string of the molecule is NN=Cc1ccccc1O.O=C1c2cccc1c2O. The molecule has 0 saturated carbocycles. The Morgan fingerprint density at radius 3 is 2.05 bits per heavy atom. The van der Waals surface area contributed by atoms with E-state index >= 15 is 0 Å². The van der Waals surface area contributed by atoms with Crippen LogP contribution in [0.15, 0.2) is 47.6 Å². The van der Waals surface area contributed by atoms with Crippen LogP contribution < -0.4 is 5.84 Å². The van der Waals surface area contributed by atoms with Crippen molar-refractivity contribution in [2.24, 2.45) is 10.9 Å². The van der Waals surface area contributed by atoms with Crippen molar-refractivity contribution in [2.45, 2.75) is 0 Å². The minimum atomic E-state index is -0.0324. The highest BCUT2D eigenvalue weighted by molar-refractivity contribution is 6.21. The summed E-state index contributed by atoms with van der Waals surface area (Å²) in [6.07, 6.45) is 1.40. The maximum absolute atomic E-state index is 10.7. The third kappa shape index (κ3) is 2.40. The summed E-state index contributed by atoms with van der Waals surface area (Å²) in [5.74, 6) is 5.20. The third-order valence-corrected chi connectivity index (χ3v) is 2.68. The molecule has 4 rings (SSSR count). The van der Waals surface area contributed by atoms with E-state index in [1.165, 1.54) is 6.21 Å². The van der Waals surface area contributed by atoms with Crippen LogP contribution in [0, 0.1) is 0 Å². The number of carbonyl (C=O) groups excluding carboxylic acids is 1. The van der Waals surface area contributed by atoms with Crippen LogP contribution in [0.5, 0.6) is 11.5 Å². The summed E-state index contributed by atoms with van der Waals surface area (Å²) >= 11 is 0. The van der Waals surface area contributed by atoms with Crippen molar-refractivity contribution < 1.29 is 15.0 Å². The normalized spacial score (nSPS) is 11.7. The van der Waals surface area contributed by atoms with E-state index in [1.807, 2.05) is 0 Å². The molecule has 5 heteroatoms. The Balaban J connectivity index is 0.000000141. The molecule has 4 N–H and O–H groups in total. The van der Waals surface area contributed by atoms with Gasteiger partial charge in [0, 0.05) is 5.56 Å². The van der Waals surface area contributed by atoms with Crippen LogP contribution >= 0.6 is 0 Å². The number of rotatable bonds is 1. The second-order valence-corrected chi connectivity index (χ2v) is 3.87. The number of benzene rings is 2. The molecule has 2 bridgehead atoms. The third-order valence-electron chi connectivity index (χ3n) is 2.68. The van der Waals surface area contributed by atoms with Crippen molar-refractivity contribution in [1.82, 2.24) is 0 Å². The minimum Gasteiger partial charge on any atom is -0.507 e. The first-order valence-corrected chi connectivity index (χ1v) is 5.53. The highest BCUT2D eigenvalue weighted by Crippen LogP contribution is 2.34. The molecule has 96 valence electrons. The fourth-order valence-corrected chi connectivity index (χ4v) is 1.67. The Morgan fingerprint density at radius 1 is 1.00 bits per heavy atom. The second kappa shape index (κ2) is 5.22. The molecule has 2 aliphatic rings. The van der Waals surface area contributed by atoms with E-state index in [1.54, 1.807) is 42.5 Å². The molecular weight excluding hydrogens is 244 g/mol. The molecule has 2 aliphatic carbocycles. The second-order valence-electron chi connectivity index (χ2n) is 3.87. The van der Waals surface area contributed by atoms with E-state index in [2.05, 4.69) is 5.10 Å². The molecule has 0 amide bonds. The Morgan fingerprint density at radius 2 is 1.63 bits per heavy atom. The van der Waals surface area contributed by atoms with E-state index in [9.17, 15) is 4.79 Å². The lowest BCUT2D eigenvalue weighted by molar-refractivity contribution is 0.101. The van der Waals surface area contributed by atoms with Gasteiger partial charge in [0.25, 0.3) is 0 Å². The number of phenolic OH excluding ortho intramolecular Hbond substituents is 2. The first kappa shape index (κ1) is 12.6.